The normalized spacial score (nSPS) is 18.4. The Balaban J connectivity index is 1.63. The van der Waals surface area contributed by atoms with Gasteiger partial charge < -0.3 is 20.3 Å². The summed E-state index contributed by atoms with van der Waals surface area (Å²) in [7, 11) is 0. The number of nitrogens with one attached hydrogen (secondary N) is 2. The van der Waals surface area contributed by atoms with Crippen molar-refractivity contribution < 1.29 is 19.1 Å². The molecular weight excluding hydrogens is 298 g/mol. The van der Waals surface area contributed by atoms with E-state index in [0.717, 1.165) is 5.56 Å². The van der Waals surface area contributed by atoms with Crippen LogP contribution in [0.1, 0.15) is 40.1 Å². The molecule has 7 nitrogen and oxygen atoms in total. The van der Waals surface area contributed by atoms with Gasteiger partial charge in [-0.05, 0) is 26.0 Å². The van der Waals surface area contributed by atoms with E-state index < -0.39 is 11.6 Å². The molecule has 0 radical (unpaired) electrons. The van der Waals surface area contributed by atoms with E-state index in [1.54, 1.807) is 23.1 Å². The third-order valence-electron chi connectivity index (χ3n) is 4.11. The van der Waals surface area contributed by atoms with Crippen LogP contribution in [-0.4, -0.2) is 49.0 Å². The van der Waals surface area contributed by atoms with Gasteiger partial charge in [0.05, 0.1) is 5.56 Å². The van der Waals surface area contributed by atoms with Crippen LogP contribution in [0.2, 0.25) is 0 Å². The number of cyclic esters (lactones) is 1. The van der Waals surface area contributed by atoms with Gasteiger partial charge in [-0.15, -0.1) is 0 Å². The molecule has 0 spiro atoms. The molecule has 0 aliphatic carbocycles. The number of ether oxygens (including phenoxy) is 1. The van der Waals surface area contributed by atoms with E-state index >= 15 is 0 Å². The standard InChI is InChI=1S/C16H19N3O4/c1-16(2)12-4-3-10(9-11(12)14(21)23-16)13(20)17-5-7-19-8-6-18-15(19)22/h3-4,9H,5-8H2,1-2H3,(H,17,20)(H,18,22). The zero-order valence-electron chi connectivity index (χ0n) is 13.1. The van der Waals surface area contributed by atoms with Crippen molar-refractivity contribution in [1.82, 2.24) is 15.5 Å². The molecule has 23 heavy (non-hydrogen) atoms. The highest BCUT2D eigenvalue weighted by molar-refractivity contribution is 6.00. The highest BCUT2D eigenvalue weighted by Crippen LogP contribution is 2.35. The van der Waals surface area contributed by atoms with Crippen molar-refractivity contribution in [2.24, 2.45) is 0 Å². The maximum atomic E-state index is 12.2. The lowest BCUT2D eigenvalue weighted by atomic mass is 9.94. The summed E-state index contributed by atoms with van der Waals surface area (Å²) in [5.41, 5.74) is 0.962. The molecule has 2 N–H and O–H groups in total. The zero-order valence-corrected chi connectivity index (χ0v) is 13.1. The molecule has 0 aromatic heterocycles. The third kappa shape index (κ3) is 2.86. The van der Waals surface area contributed by atoms with Gasteiger partial charge in [-0.3, -0.25) is 4.79 Å². The van der Waals surface area contributed by atoms with Crippen LogP contribution in [0.25, 0.3) is 0 Å². The van der Waals surface area contributed by atoms with Gasteiger partial charge >= 0.3 is 12.0 Å². The van der Waals surface area contributed by atoms with Crippen molar-refractivity contribution in [2.75, 3.05) is 26.2 Å². The summed E-state index contributed by atoms with van der Waals surface area (Å²) < 4.78 is 5.29. The molecule has 1 saturated heterocycles. The monoisotopic (exact) mass is 317 g/mol. The third-order valence-corrected chi connectivity index (χ3v) is 4.11. The lowest BCUT2D eigenvalue weighted by molar-refractivity contribution is 0.00953. The number of esters is 1. The first-order chi connectivity index (χ1) is 10.9. The van der Waals surface area contributed by atoms with Crippen molar-refractivity contribution >= 4 is 17.9 Å². The molecule has 0 unspecified atom stereocenters. The Kier molecular flexibility index (Phi) is 3.71. The summed E-state index contributed by atoms with van der Waals surface area (Å²) >= 11 is 0. The molecule has 2 heterocycles. The minimum atomic E-state index is -0.662. The van der Waals surface area contributed by atoms with Crippen LogP contribution in [0.15, 0.2) is 18.2 Å². The number of hydrogen-bond donors (Lipinski definition) is 2. The van der Waals surface area contributed by atoms with E-state index in [0.29, 0.717) is 37.3 Å². The number of urea groups is 1. The number of carbonyl (C=O) groups excluding carboxylic acids is 3. The minimum Gasteiger partial charge on any atom is -0.451 e. The number of fused-ring (bicyclic) bond motifs is 1. The minimum absolute atomic E-state index is 0.109. The van der Waals surface area contributed by atoms with Gasteiger partial charge in [0.2, 0.25) is 0 Å². The SMILES string of the molecule is CC1(C)OC(=O)c2cc(C(=O)NCCN3CCNC3=O)ccc21. The van der Waals surface area contributed by atoms with E-state index in [1.807, 2.05) is 13.8 Å². The highest BCUT2D eigenvalue weighted by atomic mass is 16.6. The Bertz CT molecular complexity index is 684. The molecule has 2 aliphatic rings. The quantitative estimate of drug-likeness (QED) is 0.806. The summed E-state index contributed by atoms with van der Waals surface area (Å²) in [6.45, 7) is 5.73. The molecule has 0 bridgehead atoms. The number of hydrogen-bond acceptors (Lipinski definition) is 4. The van der Waals surface area contributed by atoms with Gasteiger partial charge in [-0.1, -0.05) is 6.07 Å². The lowest BCUT2D eigenvalue weighted by Gasteiger charge is -2.17. The van der Waals surface area contributed by atoms with Gasteiger partial charge in [0.15, 0.2) is 0 Å². The Labute approximate surface area is 134 Å². The number of nitrogens with zero attached hydrogens (tertiary/aromatic N) is 1. The van der Waals surface area contributed by atoms with Gasteiger partial charge in [-0.25, -0.2) is 9.59 Å². The van der Waals surface area contributed by atoms with Crippen molar-refractivity contribution in [2.45, 2.75) is 19.4 Å². The molecule has 0 saturated carbocycles. The van der Waals surface area contributed by atoms with Crippen LogP contribution in [-0.2, 0) is 10.3 Å². The fourth-order valence-electron chi connectivity index (χ4n) is 2.85. The van der Waals surface area contributed by atoms with Crippen LogP contribution in [0.5, 0.6) is 0 Å². The van der Waals surface area contributed by atoms with Crippen LogP contribution < -0.4 is 10.6 Å². The smallest absolute Gasteiger partial charge is 0.339 e. The molecule has 2 aliphatic heterocycles. The second-order valence-corrected chi connectivity index (χ2v) is 6.14. The van der Waals surface area contributed by atoms with E-state index in [2.05, 4.69) is 10.6 Å². The Morgan fingerprint density at radius 1 is 1.39 bits per heavy atom. The summed E-state index contributed by atoms with van der Waals surface area (Å²) in [5.74, 6) is -0.682. The largest absolute Gasteiger partial charge is 0.451 e. The predicted octanol–water partition coefficient (Wildman–Crippen LogP) is 0.847. The maximum absolute atomic E-state index is 12.2. The average Bonchev–Trinajstić information content (AvgIpc) is 3.00. The molecule has 1 aromatic carbocycles. The second kappa shape index (κ2) is 5.57. The van der Waals surface area contributed by atoms with Crippen molar-refractivity contribution in [1.29, 1.82) is 0 Å². The summed E-state index contributed by atoms with van der Waals surface area (Å²) in [6, 6.07) is 4.88. The highest BCUT2D eigenvalue weighted by Gasteiger charge is 2.37. The van der Waals surface area contributed by atoms with E-state index in [1.165, 1.54) is 0 Å². The topological polar surface area (TPSA) is 87.7 Å². The predicted molar refractivity (Wildman–Crippen MR) is 82.2 cm³/mol. The van der Waals surface area contributed by atoms with Gasteiger partial charge in [-0.2, -0.15) is 0 Å². The Hall–Kier alpha value is -2.57. The summed E-state index contributed by atoms with van der Waals surface area (Å²) in [6.07, 6.45) is 0. The lowest BCUT2D eigenvalue weighted by Crippen LogP contribution is -2.36. The first kappa shape index (κ1) is 15.3. The molecule has 122 valence electrons. The maximum Gasteiger partial charge on any atom is 0.339 e. The summed E-state index contributed by atoms with van der Waals surface area (Å²) in [4.78, 5) is 37.1. The number of carbonyl (C=O) groups is 3. The van der Waals surface area contributed by atoms with E-state index in [4.69, 9.17) is 4.74 Å². The van der Waals surface area contributed by atoms with Crippen LogP contribution in [0.3, 0.4) is 0 Å². The molecule has 1 aromatic rings. The fourth-order valence-corrected chi connectivity index (χ4v) is 2.85. The molecule has 3 rings (SSSR count). The molecule has 1 fully saturated rings. The zero-order chi connectivity index (χ0) is 16.6. The Morgan fingerprint density at radius 2 is 2.17 bits per heavy atom. The van der Waals surface area contributed by atoms with Crippen molar-refractivity contribution in [3.05, 3.63) is 34.9 Å². The van der Waals surface area contributed by atoms with Crippen LogP contribution >= 0.6 is 0 Å². The van der Waals surface area contributed by atoms with E-state index in [-0.39, 0.29) is 11.9 Å². The first-order valence-corrected chi connectivity index (χ1v) is 7.57. The van der Waals surface area contributed by atoms with Crippen molar-refractivity contribution in [3.8, 4) is 0 Å². The van der Waals surface area contributed by atoms with Gasteiger partial charge in [0.25, 0.3) is 5.91 Å². The van der Waals surface area contributed by atoms with E-state index in [9.17, 15) is 14.4 Å². The second-order valence-electron chi connectivity index (χ2n) is 6.14. The fraction of sp³-hybridized carbons (Fsp3) is 0.438. The number of benzene rings is 1. The Morgan fingerprint density at radius 3 is 2.87 bits per heavy atom. The first-order valence-electron chi connectivity index (χ1n) is 7.57. The average molecular weight is 317 g/mol. The number of amides is 3. The van der Waals surface area contributed by atoms with Crippen LogP contribution in [0, 0.1) is 0 Å². The molecule has 3 amide bonds. The number of rotatable bonds is 4. The molecule has 0 atom stereocenters. The van der Waals surface area contributed by atoms with Gasteiger partial charge in [0, 0.05) is 37.3 Å². The molecular formula is C16H19N3O4. The van der Waals surface area contributed by atoms with Crippen molar-refractivity contribution in [3.63, 3.8) is 0 Å². The van der Waals surface area contributed by atoms with Gasteiger partial charge in [0.1, 0.15) is 5.60 Å². The van der Waals surface area contributed by atoms with Crippen LogP contribution in [0.4, 0.5) is 4.79 Å². The summed E-state index contributed by atoms with van der Waals surface area (Å²) in [5, 5.41) is 5.46. The molecule has 7 heteroatoms.